The monoisotopic (exact) mass is 792 g/mol. The van der Waals surface area contributed by atoms with Crippen LogP contribution in [0.1, 0.15) is 75.8 Å². The van der Waals surface area contributed by atoms with Crippen molar-refractivity contribution in [3.8, 4) is 5.75 Å². The topological polar surface area (TPSA) is 134 Å². The van der Waals surface area contributed by atoms with Gasteiger partial charge < -0.3 is 33.9 Å². The summed E-state index contributed by atoms with van der Waals surface area (Å²) in [5, 5.41) is 14.5. The van der Waals surface area contributed by atoms with Gasteiger partial charge in [0.15, 0.2) is 5.60 Å². The van der Waals surface area contributed by atoms with Crippen LogP contribution in [0.3, 0.4) is 0 Å². The van der Waals surface area contributed by atoms with E-state index in [0.717, 1.165) is 59.5 Å². The van der Waals surface area contributed by atoms with Gasteiger partial charge in [0.1, 0.15) is 23.9 Å². The van der Waals surface area contributed by atoms with Crippen molar-refractivity contribution in [2.75, 3.05) is 59.0 Å². The maximum atomic E-state index is 15.2. The number of fused-ring (bicyclic) bond motifs is 6. The van der Waals surface area contributed by atoms with E-state index in [1.165, 1.54) is 26.5 Å². The van der Waals surface area contributed by atoms with Gasteiger partial charge in [0.2, 0.25) is 0 Å². The van der Waals surface area contributed by atoms with Gasteiger partial charge in [-0.15, -0.1) is 0 Å². The highest BCUT2D eigenvalue weighted by molar-refractivity contribution is 5.94. The molecule has 6 aliphatic rings. The smallest absolute Gasteiger partial charge is 0.322 e. The number of likely N-dealkylation sites (N-methyl/N-ethyl adjacent to an activating group) is 1. The second-order valence-corrected chi connectivity index (χ2v) is 17.6. The molecule has 1 unspecified atom stereocenters. The molecule has 1 saturated carbocycles. The van der Waals surface area contributed by atoms with E-state index in [0.29, 0.717) is 43.7 Å². The van der Waals surface area contributed by atoms with Crippen molar-refractivity contribution in [2.24, 2.45) is 11.3 Å². The van der Waals surface area contributed by atoms with Gasteiger partial charge >= 0.3 is 17.9 Å². The average molecular weight is 793 g/mol. The Morgan fingerprint density at radius 2 is 1.81 bits per heavy atom. The summed E-state index contributed by atoms with van der Waals surface area (Å²) in [6, 6.07) is 11.6. The van der Waals surface area contributed by atoms with Crippen LogP contribution in [0.4, 0.5) is 5.69 Å². The number of methoxy groups -OCH3 is 2. The number of aliphatic hydroxyl groups is 1. The number of hydrogen-bond donors (Lipinski definition) is 2. The molecule has 1 aromatic heterocycles. The van der Waals surface area contributed by atoms with Gasteiger partial charge in [-0.1, -0.05) is 55.8 Å². The van der Waals surface area contributed by atoms with E-state index in [4.69, 9.17) is 18.9 Å². The Hall–Kier alpha value is -4.65. The minimum absolute atomic E-state index is 0.0418. The lowest BCUT2D eigenvalue weighted by atomic mass is 9.47. The number of rotatable bonds is 8. The molecule has 1 saturated heterocycles. The maximum Gasteiger partial charge on any atom is 0.322 e. The third-order valence-electron chi connectivity index (χ3n) is 14.9. The first kappa shape index (κ1) is 38.8. The molecule has 0 amide bonds. The van der Waals surface area contributed by atoms with Crippen molar-refractivity contribution in [3.05, 3.63) is 82.6 Å². The van der Waals surface area contributed by atoms with Gasteiger partial charge in [-0.3, -0.25) is 24.2 Å². The van der Waals surface area contributed by atoms with Gasteiger partial charge in [0.25, 0.3) is 0 Å². The summed E-state index contributed by atoms with van der Waals surface area (Å²) in [5.41, 5.74) is 1.98. The van der Waals surface area contributed by atoms with E-state index in [1.807, 2.05) is 25.2 Å². The highest BCUT2D eigenvalue weighted by Gasteiger charge is 2.78. The third kappa shape index (κ3) is 5.13. The zero-order valence-electron chi connectivity index (χ0n) is 34.7. The largest absolute Gasteiger partial charge is 0.496 e. The lowest BCUT2D eigenvalue weighted by Crippen LogP contribution is -2.80. The normalized spacial score (nSPS) is 34.5. The predicted molar refractivity (Wildman–Crippen MR) is 219 cm³/mol. The summed E-state index contributed by atoms with van der Waals surface area (Å²) in [7, 11) is 5.07. The summed E-state index contributed by atoms with van der Waals surface area (Å²) < 4.78 is 24.3. The second-order valence-electron chi connectivity index (χ2n) is 17.6. The van der Waals surface area contributed by atoms with Crippen LogP contribution in [-0.2, 0) is 46.0 Å². The van der Waals surface area contributed by atoms with Crippen LogP contribution in [0.2, 0.25) is 0 Å². The zero-order valence-corrected chi connectivity index (χ0v) is 34.7. The SMILES string of the molecule is CCC1=C[C@@H]2CN(C1)Cc1c([nH]c3ccccc13)[C@@](C(=O)OC)(c1cc3c(cc1OC)N(C)[C@H]1[C@@](O)(COC(C)=O)[C@H](OC(C)=O)[C@]4(CC)C=CCN5CC[C@]31[C@@H]54)C2. The van der Waals surface area contributed by atoms with Gasteiger partial charge in [-0.2, -0.15) is 0 Å². The Labute approximate surface area is 340 Å². The molecule has 0 radical (unpaired) electrons. The lowest BCUT2D eigenvalue weighted by Gasteiger charge is -2.64. The number of nitrogens with one attached hydrogen (secondary N) is 1. The fraction of sp³-hybridized carbons (Fsp3) is 0.543. The Morgan fingerprint density at radius 1 is 1.02 bits per heavy atom. The van der Waals surface area contributed by atoms with Crippen molar-refractivity contribution >= 4 is 34.5 Å². The molecule has 2 N–H and O–H groups in total. The molecule has 9 rings (SSSR count). The number of esters is 3. The Balaban J connectivity index is 1.35. The fourth-order valence-corrected chi connectivity index (χ4v) is 13.0. The minimum Gasteiger partial charge on any atom is -0.496 e. The van der Waals surface area contributed by atoms with Crippen LogP contribution >= 0.6 is 0 Å². The molecular formula is C46H56N4O8. The molecule has 3 aromatic rings. The van der Waals surface area contributed by atoms with E-state index in [9.17, 15) is 14.7 Å². The van der Waals surface area contributed by atoms with Gasteiger partial charge in [0, 0.05) is 97.9 Å². The average Bonchev–Trinajstić information content (AvgIpc) is 3.86. The molecule has 6 heterocycles. The number of carbonyl (C=O) groups is 3. The first-order valence-corrected chi connectivity index (χ1v) is 20.8. The van der Waals surface area contributed by atoms with E-state index in [-0.39, 0.29) is 24.5 Å². The number of ether oxygens (including phenoxy) is 4. The molecule has 58 heavy (non-hydrogen) atoms. The molecule has 308 valence electrons. The first-order chi connectivity index (χ1) is 27.8. The molecule has 1 spiro atoms. The Bertz CT molecular complexity index is 2270. The number of benzene rings is 2. The molecule has 1 aliphatic carbocycles. The number of H-pyrrole nitrogens is 1. The second kappa shape index (κ2) is 13.7. The highest BCUT2D eigenvalue weighted by Crippen LogP contribution is 2.68. The number of carbonyl (C=O) groups excluding carboxylic acids is 3. The number of nitrogens with zero attached hydrogens (tertiary/aromatic N) is 3. The van der Waals surface area contributed by atoms with E-state index in [2.05, 4.69) is 70.0 Å². The summed E-state index contributed by atoms with van der Waals surface area (Å²) in [6.07, 6.45) is 8.19. The predicted octanol–water partition coefficient (Wildman–Crippen LogP) is 5.14. The van der Waals surface area contributed by atoms with Crippen LogP contribution in [0.15, 0.2) is 60.2 Å². The van der Waals surface area contributed by atoms with Gasteiger partial charge in [0.05, 0.1) is 20.3 Å². The molecule has 2 aromatic carbocycles. The van der Waals surface area contributed by atoms with E-state index >= 15 is 4.79 Å². The van der Waals surface area contributed by atoms with Crippen molar-refractivity contribution in [1.29, 1.82) is 0 Å². The highest BCUT2D eigenvalue weighted by atomic mass is 16.6. The summed E-state index contributed by atoms with van der Waals surface area (Å²) in [4.78, 5) is 51.6. The van der Waals surface area contributed by atoms with Crippen molar-refractivity contribution in [2.45, 2.75) is 94.5 Å². The minimum atomic E-state index is -1.83. The third-order valence-corrected chi connectivity index (χ3v) is 14.9. The number of hydrogen-bond acceptors (Lipinski definition) is 11. The first-order valence-electron chi connectivity index (χ1n) is 20.8. The molecular weight excluding hydrogens is 737 g/mol. The lowest BCUT2D eigenvalue weighted by molar-refractivity contribution is -0.232. The van der Waals surface area contributed by atoms with Crippen LogP contribution in [0.25, 0.3) is 10.9 Å². The van der Waals surface area contributed by atoms with E-state index in [1.54, 1.807) is 7.11 Å². The quantitative estimate of drug-likeness (QED) is 0.179. The van der Waals surface area contributed by atoms with Gasteiger partial charge in [-0.05, 0) is 61.4 Å². The molecule has 5 aliphatic heterocycles. The number of para-hydroxylation sites is 1. The Kier molecular flexibility index (Phi) is 9.18. The van der Waals surface area contributed by atoms with Crippen molar-refractivity contribution < 1.29 is 38.4 Å². The molecule has 9 atom stereocenters. The maximum absolute atomic E-state index is 15.2. The summed E-state index contributed by atoms with van der Waals surface area (Å²) >= 11 is 0. The fourth-order valence-electron chi connectivity index (χ4n) is 13.0. The number of aromatic amines is 1. The summed E-state index contributed by atoms with van der Waals surface area (Å²) in [6.45, 7) is 10.4. The zero-order chi connectivity index (χ0) is 40.9. The standard InChI is InChI=1S/C46H56N4O8/c1-8-29-19-30-22-45(42(53)56-7,38-32(25-49(23-29)24-30)31-13-10-11-14-35(31)47-38)34-20-33-36(21-37(34)55-6)48(5)40-44(33)16-18-50-17-12-15-43(9-2,39(44)50)41(58-28(4)52)46(40,54)26-57-27(3)51/h10-15,19-21,30,39-41,47,54H,8-9,16-18,22-26H2,1-7H3/t30-,39-,40+,41+,43+,44+,45-,46-/m0/s1. The van der Waals surface area contributed by atoms with Crippen LogP contribution in [-0.4, -0.2) is 116 Å². The van der Waals surface area contributed by atoms with Gasteiger partial charge in [-0.25, -0.2) is 0 Å². The van der Waals surface area contributed by atoms with Crippen LogP contribution in [0, 0.1) is 11.3 Å². The van der Waals surface area contributed by atoms with E-state index < -0.39 is 45.9 Å². The van der Waals surface area contributed by atoms with Crippen LogP contribution < -0.4 is 9.64 Å². The van der Waals surface area contributed by atoms with Crippen molar-refractivity contribution in [3.63, 3.8) is 0 Å². The summed E-state index contributed by atoms with van der Waals surface area (Å²) in [5.74, 6) is -0.849. The molecule has 12 heteroatoms. The number of aromatic nitrogens is 1. The Morgan fingerprint density at radius 3 is 2.52 bits per heavy atom. The van der Waals surface area contributed by atoms with Crippen molar-refractivity contribution in [1.82, 2.24) is 14.8 Å². The molecule has 2 bridgehead atoms. The number of anilines is 1. The molecule has 2 fully saturated rings. The molecule has 12 nitrogen and oxygen atoms in total. The van der Waals surface area contributed by atoms with Crippen LogP contribution in [0.5, 0.6) is 5.75 Å².